The van der Waals surface area contributed by atoms with Gasteiger partial charge < -0.3 is 15.4 Å². The molecule has 0 unspecified atom stereocenters. The third-order valence-corrected chi connectivity index (χ3v) is 9.20. The Morgan fingerprint density at radius 1 is 1.13 bits per heavy atom. The van der Waals surface area contributed by atoms with Crippen molar-refractivity contribution in [3.05, 3.63) is 76.3 Å². The third kappa shape index (κ3) is 4.66. The van der Waals surface area contributed by atoms with Gasteiger partial charge in [0.2, 0.25) is 0 Å². The minimum Gasteiger partial charge on any atom is -0.376 e. The Morgan fingerprint density at radius 3 is 2.66 bits per heavy atom. The van der Waals surface area contributed by atoms with Gasteiger partial charge in [-0.3, -0.25) is 14.3 Å². The topological polar surface area (TPSA) is 112 Å². The van der Waals surface area contributed by atoms with E-state index in [9.17, 15) is 4.79 Å². The number of aromatic nitrogens is 5. The molecule has 5 heterocycles. The molecular formula is C27H28ClN7O2S. The van der Waals surface area contributed by atoms with Crippen LogP contribution in [0.4, 0.5) is 5.82 Å². The van der Waals surface area contributed by atoms with Crippen LogP contribution in [0.1, 0.15) is 25.5 Å². The molecule has 11 heteroatoms. The van der Waals surface area contributed by atoms with E-state index in [1.54, 1.807) is 24.7 Å². The predicted octanol–water partition coefficient (Wildman–Crippen LogP) is 3.77. The van der Waals surface area contributed by atoms with Crippen LogP contribution in [0.2, 0.25) is 5.02 Å². The lowest BCUT2D eigenvalue weighted by Gasteiger charge is -2.41. The largest absolute Gasteiger partial charge is 0.376 e. The van der Waals surface area contributed by atoms with Gasteiger partial charge in [0.25, 0.3) is 5.56 Å². The van der Waals surface area contributed by atoms with Crippen LogP contribution < -0.4 is 16.2 Å². The predicted molar refractivity (Wildman–Crippen MR) is 148 cm³/mol. The van der Waals surface area contributed by atoms with E-state index in [1.165, 1.54) is 22.7 Å². The highest BCUT2D eigenvalue weighted by Gasteiger charge is 2.47. The molecule has 4 aromatic rings. The van der Waals surface area contributed by atoms with E-state index in [4.69, 9.17) is 22.1 Å². The Morgan fingerprint density at radius 2 is 1.97 bits per heavy atom. The van der Waals surface area contributed by atoms with Crippen molar-refractivity contribution >= 4 is 40.1 Å². The van der Waals surface area contributed by atoms with Crippen LogP contribution in [0.5, 0.6) is 0 Å². The summed E-state index contributed by atoms with van der Waals surface area (Å²) in [5, 5.41) is 1.43. The lowest BCUT2D eigenvalue weighted by molar-refractivity contribution is 0.0974. The summed E-state index contributed by atoms with van der Waals surface area (Å²) in [6.45, 7) is 4.86. The van der Waals surface area contributed by atoms with Crippen LogP contribution in [-0.2, 0) is 11.3 Å². The summed E-state index contributed by atoms with van der Waals surface area (Å²) in [6.07, 6.45) is 8.85. The molecule has 196 valence electrons. The second-order valence-electron chi connectivity index (χ2n) is 9.98. The summed E-state index contributed by atoms with van der Waals surface area (Å²) in [5.74, 6) is 0.843. The van der Waals surface area contributed by atoms with Crippen molar-refractivity contribution in [2.45, 2.75) is 48.4 Å². The first kappa shape index (κ1) is 25.2. The van der Waals surface area contributed by atoms with Crippen molar-refractivity contribution < 1.29 is 4.74 Å². The molecule has 2 N–H and O–H groups in total. The Bertz CT molecular complexity index is 1510. The van der Waals surface area contributed by atoms with E-state index in [-0.39, 0.29) is 23.1 Å². The highest BCUT2D eigenvalue weighted by molar-refractivity contribution is 7.99. The second kappa shape index (κ2) is 10.3. The number of ether oxygens (including phenoxy) is 1. The van der Waals surface area contributed by atoms with E-state index in [2.05, 4.69) is 31.8 Å². The zero-order valence-corrected chi connectivity index (χ0v) is 22.5. The average molecular weight is 550 g/mol. The molecule has 2 saturated heterocycles. The standard InChI is InChI=1S/C27H28ClN7O2S/c1-17-25(29)27(15-37-17)7-10-34(11-8-27)21-12-32-22(13-31-21)38-20-6-5-19-23(24(20)28)26(36)35(16-33-19)14-18-4-2-3-9-30-18/h2-6,9,12-13,16-17,25H,7-8,10-11,14-15,29H2,1H3/t17-,25+/m0/s1. The van der Waals surface area contributed by atoms with Crippen LogP contribution in [0.15, 0.2) is 70.0 Å². The second-order valence-corrected chi connectivity index (χ2v) is 11.4. The van der Waals surface area contributed by atoms with E-state index < -0.39 is 0 Å². The van der Waals surface area contributed by atoms with E-state index in [1.807, 2.05) is 24.3 Å². The fourth-order valence-corrected chi connectivity index (χ4v) is 6.46. The first-order valence-corrected chi connectivity index (χ1v) is 13.8. The number of nitrogens with zero attached hydrogens (tertiary/aromatic N) is 6. The van der Waals surface area contributed by atoms with Crippen molar-refractivity contribution in [1.82, 2.24) is 24.5 Å². The maximum atomic E-state index is 13.3. The van der Waals surface area contributed by atoms with Gasteiger partial charge in [-0.05, 0) is 44.0 Å². The molecule has 38 heavy (non-hydrogen) atoms. The van der Waals surface area contributed by atoms with Gasteiger partial charge in [-0.15, -0.1) is 0 Å². The molecule has 9 nitrogen and oxygen atoms in total. The van der Waals surface area contributed by atoms with Gasteiger partial charge in [0.05, 0.1) is 59.6 Å². The van der Waals surface area contributed by atoms with Gasteiger partial charge >= 0.3 is 0 Å². The number of rotatable bonds is 5. The Labute approximate surface area is 229 Å². The van der Waals surface area contributed by atoms with Gasteiger partial charge in [-0.1, -0.05) is 29.4 Å². The minimum absolute atomic E-state index is 0.0665. The molecule has 1 spiro atoms. The number of hydrogen-bond donors (Lipinski definition) is 1. The number of pyridine rings is 1. The quantitative estimate of drug-likeness (QED) is 0.397. The summed E-state index contributed by atoms with van der Waals surface area (Å²) in [4.78, 5) is 34.3. The zero-order valence-electron chi connectivity index (χ0n) is 21.0. The summed E-state index contributed by atoms with van der Waals surface area (Å²) in [6, 6.07) is 9.34. The zero-order chi connectivity index (χ0) is 26.3. The van der Waals surface area contributed by atoms with Gasteiger partial charge in [-0.2, -0.15) is 0 Å². The van der Waals surface area contributed by atoms with Crippen LogP contribution in [-0.4, -0.2) is 56.3 Å². The van der Waals surface area contributed by atoms with E-state index >= 15 is 0 Å². The molecule has 0 saturated carbocycles. The normalized spacial score (nSPS) is 20.9. The van der Waals surface area contributed by atoms with Crippen molar-refractivity contribution in [3.8, 4) is 0 Å². The van der Waals surface area contributed by atoms with Gasteiger partial charge in [-0.25, -0.2) is 15.0 Å². The molecule has 0 radical (unpaired) electrons. The van der Waals surface area contributed by atoms with Crippen LogP contribution >= 0.6 is 23.4 Å². The van der Waals surface area contributed by atoms with Crippen molar-refractivity contribution in [2.75, 3.05) is 24.6 Å². The number of piperidine rings is 1. The molecule has 1 aromatic carbocycles. The maximum Gasteiger partial charge on any atom is 0.263 e. The Hall–Kier alpha value is -3.05. The fourth-order valence-electron chi connectivity index (χ4n) is 5.34. The molecule has 0 bridgehead atoms. The lowest BCUT2D eigenvalue weighted by Crippen LogP contribution is -2.50. The minimum atomic E-state index is -0.209. The SMILES string of the molecule is C[C@@H]1OCC2(CCN(c3cnc(Sc4ccc5ncn(Cc6ccccn6)c(=O)c5c4Cl)cn3)CC2)[C@@H]1N. The van der Waals surface area contributed by atoms with E-state index in [0.717, 1.165) is 48.9 Å². The summed E-state index contributed by atoms with van der Waals surface area (Å²) in [5.41, 5.74) is 7.63. The number of halogens is 1. The van der Waals surface area contributed by atoms with Gasteiger partial charge in [0.15, 0.2) is 0 Å². The molecule has 2 aliphatic rings. The smallest absolute Gasteiger partial charge is 0.263 e. The molecular weight excluding hydrogens is 522 g/mol. The van der Waals surface area contributed by atoms with Gasteiger partial charge in [0, 0.05) is 35.6 Å². The lowest BCUT2D eigenvalue weighted by atomic mass is 9.73. The number of benzene rings is 1. The van der Waals surface area contributed by atoms with Crippen molar-refractivity contribution in [3.63, 3.8) is 0 Å². The van der Waals surface area contributed by atoms with E-state index in [0.29, 0.717) is 27.5 Å². The number of anilines is 1. The van der Waals surface area contributed by atoms with Crippen LogP contribution in [0, 0.1) is 5.41 Å². The monoisotopic (exact) mass is 549 g/mol. The molecule has 2 aliphatic heterocycles. The summed E-state index contributed by atoms with van der Waals surface area (Å²) < 4.78 is 7.36. The fraction of sp³-hybridized carbons (Fsp3) is 0.370. The van der Waals surface area contributed by atoms with Crippen molar-refractivity contribution in [1.29, 1.82) is 0 Å². The number of hydrogen-bond acceptors (Lipinski definition) is 9. The molecule has 6 rings (SSSR count). The van der Waals surface area contributed by atoms with Crippen LogP contribution in [0.25, 0.3) is 10.9 Å². The highest BCUT2D eigenvalue weighted by atomic mass is 35.5. The molecule has 2 atom stereocenters. The number of fused-ring (bicyclic) bond motifs is 1. The third-order valence-electron chi connectivity index (χ3n) is 7.71. The van der Waals surface area contributed by atoms with Crippen molar-refractivity contribution in [2.24, 2.45) is 11.1 Å². The first-order valence-electron chi connectivity index (χ1n) is 12.6. The summed E-state index contributed by atoms with van der Waals surface area (Å²) >= 11 is 8.11. The maximum absolute atomic E-state index is 13.3. The average Bonchev–Trinajstić information content (AvgIpc) is 3.21. The molecule has 0 aliphatic carbocycles. The summed E-state index contributed by atoms with van der Waals surface area (Å²) in [7, 11) is 0. The number of nitrogens with two attached hydrogens (primary N) is 1. The Balaban J connectivity index is 1.18. The molecule has 2 fully saturated rings. The highest BCUT2D eigenvalue weighted by Crippen LogP contribution is 2.42. The van der Waals surface area contributed by atoms with Gasteiger partial charge in [0.1, 0.15) is 10.8 Å². The van der Waals surface area contributed by atoms with Crippen LogP contribution in [0.3, 0.4) is 0 Å². The molecule has 0 amide bonds. The Kier molecular flexibility index (Phi) is 6.81. The first-order chi connectivity index (χ1) is 18.4. The molecule has 3 aromatic heterocycles.